The third kappa shape index (κ3) is 3.77. The van der Waals surface area contributed by atoms with Crippen molar-refractivity contribution in [1.82, 2.24) is 10.3 Å². The van der Waals surface area contributed by atoms with Gasteiger partial charge in [-0.25, -0.2) is 4.98 Å². The molecule has 3 nitrogen and oxygen atoms in total. The lowest BCUT2D eigenvalue weighted by Crippen LogP contribution is -2.34. The fourth-order valence-electron chi connectivity index (χ4n) is 2.69. The number of nitrogens with one attached hydrogen (secondary N) is 1. The van der Waals surface area contributed by atoms with Gasteiger partial charge in [-0.3, -0.25) is 0 Å². The number of rotatable bonds is 5. The average molecular weight is 282 g/mol. The number of hydrogen-bond acceptors (Lipinski definition) is 4. The van der Waals surface area contributed by atoms with Gasteiger partial charge in [0.1, 0.15) is 5.01 Å². The minimum atomic E-state index is 0.129. The molecule has 1 fully saturated rings. The normalized spacial score (nSPS) is 18.9. The molecule has 0 aromatic carbocycles. The molecule has 0 saturated heterocycles. The number of aromatic nitrogens is 1. The Morgan fingerprint density at radius 2 is 2.05 bits per heavy atom. The molecule has 2 rings (SSSR count). The van der Waals surface area contributed by atoms with Gasteiger partial charge in [-0.15, -0.1) is 11.3 Å². The number of hydrogen-bond donors (Lipinski definition) is 2. The largest absolute Gasteiger partial charge is 0.396 e. The molecule has 1 heterocycles. The SMILES string of the molecule is CC(C)(C)c1csc(CNCC2(CO)CCCC2)n1. The number of thiazole rings is 1. The molecule has 0 unspecified atom stereocenters. The van der Waals surface area contributed by atoms with E-state index in [4.69, 9.17) is 0 Å². The Morgan fingerprint density at radius 3 is 2.58 bits per heavy atom. The van der Waals surface area contributed by atoms with Crippen LogP contribution in [0.4, 0.5) is 0 Å². The van der Waals surface area contributed by atoms with Crippen LogP contribution in [0.3, 0.4) is 0 Å². The van der Waals surface area contributed by atoms with E-state index in [-0.39, 0.29) is 10.8 Å². The van der Waals surface area contributed by atoms with E-state index in [1.54, 1.807) is 11.3 Å². The van der Waals surface area contributed by atoms with Gasteiger partial charge in [-0.1, -0.05) is 33.6 Å². The van der Waals surface area contributed by atoms with Gasteiger partial charge in [0.2, 0.25) is 0 Å². The predicted octanol–water partition coefficient (Wildman–Crippen LogP) is 3.08. The van der Waals surface area contributed by atoms with Crippen LogP contribution in [-0.2, 0) is 12.0 Å². The van der Waals surface area contributed by atoms with Crippen LogP contribution >= 0.6 is 11.3 Å². The summed E-state index contributed by atoms with van der Waals surface area (Å²) < 4.78 is 0. The Morgan fingerprint density at radius 1 is 1.37 bits per heavy atom. The van der Waals surface area contributed by atoms with Crippen LogP contribution < -0.4 is 5.32 Å². The van der Waals surface area contributed by atoms with Crippen molar-refractivity contribution >= 4 is 11.3 Å². The van der Waals surface area contributed by atoms with Crippen LogP contribution in [0.25, 0.3) is 0 Å². The summed E-state index contributed by atoms with van der Waals surface area (Å²) in [5, 5.41) is 16.4. The summed E-state index contributed by atoms with van der Waals surface area (Å²) in [6, 6.07) is 0. The van der Waals surface area contributed by atoms with E-state index in [0.717, 1.165) is 30.9 Å². The third-order valence-electron chi connectivity index (χ3n) is 4.10. The Kier molecular flexibility index (Phi) is 4.64. The van der Waals surface area contributed by atoms with Gasteiger partial charge in [-0.05, 0) is 12.8 Å². The number of aliphatic hydroxyl groups is 1. The number of nitrogens with zero attached hydrogens (tertiary/aromatic N) is 1. The minimum absolute atomic E-state index is 0.129. The molecule has 0 radical (unpaired) electrons. The molecule has 1 aromatic rings. The van der Waals surface area contributed by atoms with Crippen LogP contribution in [0, 0.1) is 5.41 Å². The summed E-state index contributed by atoms with van der Waals surface area (Å²) in [6.45, 7) is 8.62. The molecule has 0 aliphatic heterocycles. The molecule has 1 aliphatic carbocycles. The molecule has 0 bridgehead atoms. The highest BCUT2D eigenvalue weighted by molar-refractivity contribution is 7.09. The molecule has 1 aliphatic rings. The maximum absolute atomic E-state index is 9.57. The molecule has 1 aromatic heterocycles. The maximum atomic E-state index is 9.57. The molecule has 19 heavy (non-hydrogen) atoms. The zero-order valence-electron chi connectivity index (χ0n) is 12.3. The second-order valence-electron chi connectivity index (χ2n) is 6.85. The van der Waals surface area contributed by atoms with Crippen LogP contribution in [0.15, 0.2) is 5.38 Å². The van der Waals surface area contributed by atoms with Crippen molar-refractivity contribution in [2.75, 3.05) is 13.2 Å². The van der Waals surface area contributed by atoms with Crippen molar-refractivity contribution in [2.24, 2.45) is 5.41 Å². The first-order valence-electron chi connectivity index (χ1n) is 7.22. The highest BCUT2D eigenvalue weighted by atomic mass is 32.1. The topological polar surface area (TPSA) is 45.1 Å². The van der Waals surface area contributed by atoms with Crippen molar-refractivity contribution in [2.45, 2.75) is 58.4 Å². The highest BCUT2D eigenvalue weighted by Crippen LogP contribution is 2.37. The van der Waals surface area contributed by atoms with Crippen molar-refractivity contribution < 1.29 is 5.11 Å². The molecule has 0 spiro atoms. The maximum Gasteiger partial charge on any atom is 0.107 e. The van der Waals surface area contributed by atoms with Crippen molar-refractivity contribution in [3.8, 4) is 0 Å². The van der Waals surface area contributed by atoms with Gasteiger partial charge >= 0.3 is 0 Å². The fourth-order valence-corrected chi connectivity index (χ4v) is 3.68. The zero-order chi connectivity index (χ0) is 13.9. The molecular formula is C15H26N2OS. The van der Waals surface area contributed by atoms with Crippen LogP contribution in [0.2, 0.25) is 0 Å². The molecule has 0 amide bonds. The molecule has 2 N–H and O–H groups in total. The Labute approximate surface area is 120 Å². The molecular weight excluding hydrogens is 256 g/mol. The van der Waals surface area contributed by atoms with E-state index >= 15 is 0 Å². The predicted molar refractivity (Wildman–Crippen MR) is 80.5 cm³/mol. The second-order valence-corrected chi connectivity index (χ2v) is 7.79. The summed E-state index contributed by atoms with van der Waals surface area (Å²) in [4.78, 5) is 4.69. The number of aliphatic hydroxyl groups excluding tert-OH is 1. The van der Waals surface area contributed by atoms with Gasteiger partial charge < -0.3 is 10.4 Å². The minimum Gasteiger partial charge on any atom is -0.396 e. The van der Waals surface area contributed by atoms with Crippen molar-refractivity contribution in [1.29, 1.82) is 0 Å². The monoisotopic (exact) mass is 282 g/mol. The Balaban J connectivity index is 1.84. The molecule has 4 heteroatoms. The van der Waals surface area contributed by atoms with Crippen LogP contribution in [0.5, 0.6) is 0 Å². The van der Waals surface area contributed by atoms with Crippen molar-refractivity contribution in [3.05, 3.63) is 16.1 Å². The molecule has 0 atom stereocenters. The first kappa shape index (κ1) is 14.9. The van der Waals surface area contributed by atoms with E-state index < -0.39 is 0 Å². The zero-order valence-corrected chi connectivity index (χ0v) is 13.1. The lowest BCUT2D eigenvalue weighted by Gasteiger charge is -2.26. The van der Waals surface area contributed by atoms with Crippen molar-refractivity contribution in [3.63, 3.8) is 0 Å². The summed E-state index contributed by atoms with van der Waals surface area (Å²) in [5.74, 6) is 0. The Bertz CT molecular complexity index is 403. The van der Waals surface area contributed by atoms with Crippen LogP contribution in [0.1, 0.15) is 57.2 Å². The molecule has 1 saturated carbocycles. The summed E-state index contributed by atoms with van der Waals surface area (Å²) in [6.07, 6.45) is 4.82. The average Bonchev–Trinajstić information content (AvgIpc) is 2.97. The van der Waals surface area contributed by atoms with E-state index in [1.807, 2.05) is 0 Å². The van der Waals surface area contributed by atoms with Gasteiger partial charge in [-0.2, -0.15) is 0 Å². The summed E-state index contributed by atoms with van der Waals surface area (Å²) in [7, 11) is 0. The lowest BCUT2D eigenvalue weighted by atomic mass is 9.87. The fraction of sp³-hybridized carbons (Fsp3) is 0.800. The summed E-state index contributed by atoms with van der Waals surface area (Å²) >= 11 is 1.73. The van der Waals surface area contributed by atoms with Gasteiger partial charge in [0.05, 0.1) is 5.69 Å². The lowest BCUT2D eigenvalue weighted by molar-refractivity contribution is 0.128. The summed E-state index contributed by atoms with van der Waals surface area (Å²) in [5.41, 5.74) is 1.43. The van der Waals surface area contributed by atoms with E-state index in [2.05, 4.69) is 36.5 Å². The molecule has 108 valence electrons. The first-order chi connectivity index (χ1) is 8.95. The van der Waals surface area contributed by atoms with Crippen LogP contribution in [-0.4, -0.2) is 23.2 Å². The van der Waals surface area contributed by atoms with Gasteiger partial charge in [0.25, 0.3) is 0 Å². The first-order valence-corrected chi connectivity index (χ1v) is 8.10. The van der Waals surface area contributed by atoms with Gasteiger partial charge in [0.15, 0.2) is 0 Å². The quantitative estimate of drug-likeness (QED) is 0.872. The van der Waals surface area contributed by atoms with E-state index in [9.17, 15) is 5.11 Å². The standard InChI is InChI=1S/C15H26N2OS/c1-14(2,3)12-9-19-13(17-12)8-16-10-15(11-18)6-4-5-7-15/h9,16,18H,4-8,10-11H2,1-3H3. The third-order valence-corrected chi connectivity index (χ3v) is 4.94. The van der Waals surface area contributed by atoms with Gasteiger partial charge in [0, 0.05) is 35.9 Å². The highest BCUT2D eigenvalue weighted by Gasteiger charge is 2.32. The smallest absolute Gasteiger partial charge is 0.107 e. The Hall–Kier alpha value is -0.450. The van der Waals surface area contributed by atoms with E-state index in [0.29, 0.717) is 6.61 Å². The second kappa shape index (κ2) is 5.90. The van der Waals surface area contributed by atoms with E-state index in [1.165, 1.54) is 18.5 Å².